The Bertz CT molecular complexity index is 1560. The van der Waals surface area contributed by atoms with Gasteiger partial charge in [-0.3, -0.25) is 13.8 Å². The van der Waals surface area contributed by atoms with E-state index in [1.165, 1.54) is 55.4 Å². The Kier molecular flexibility index (Phi) is 9.74. The maximum Gasteiger partial charge on any atom is 0.265 e. The van der Waals surface area contributed by atoms with Gasteiger partial charge in [-0.15, -0.1) is 0 Å². The Morgan fingerprint density at radius 2 is 1.10 bits per heavy atom. The Hall–Kier alpha value is -2.89. The van der Waals surface area contributed by atoms with E-state index in [-0.39, 0.29) is 28.0 Å². The summed E-state index contributed by atoms with van der Waals surface area (Å²) in [5, 5.41) is 0. The number of hydrogen-bond donors (Lipinski definition) is 2. The summed E-state index contributed by atoms with van der Waals surface area (Å²) in [7, 11) is -8.00. The predicted molar refractivity (Wildman–Crippen MR) is 148 cm³/mol. The number of carbonyl (C=O) groups is 2. The Morgan fingerprint density at radius 1 is 0.700 bits per heavy atom. The van der Waals surface area contributed by atoms with Crippen molar-refractivity contribution in [1.29, 1.82) is 0 Å². The van der Waals surface area contributed by atoms with Gasteiger partial charge in [0.05, 0.1) is 16.0 Å². The molecule has 4 rings (SSSR count). The minimum absolute atomic E-state index is 0.0470. The third-order valence-corrected chi connectivity index (χ3v) is 9.82. The van der Waals surface area contributed by atoms with Gasteiger partial charge in [-0.1, -0.05) is 6.92 Å². The van der Waals surface area contributed by atoms with Crippen molar-refractivity contribution in [3.05, 3.63) is 48.5 Å². The summed E-state index contributed by atoms with van der Waals surface area (Å²) in [4.78, 5) is 27.3. The second kappa shape index (κ2) is 12.3. The average Bonchev–Trinajstić information content (AvgIpc) is 3.44. The SMILES string of the molecule is CNS(=O)(=O)c1ccc(N2CCC(C)C2=O)cc1.CNS(=O)(=O)c1ccc(N2CCC(OS(C)(=O)=O)C2=O)cc1. The highest BCUT2D eigenvalue weighted by atomic mass is 32.2. The van der Waals surface area contributed by atoms with Crippen molar-refractivity contribution >= 4 is 53.4 Å². The van der Waals surface area contributed by atoms with Crippen molar-refractivity contribution in [2.75, 3.05) is 43.2 Å². The molecule has 2 unspecified atom stereocenters. The van der Waals surface area contributed by atoms with Crippen LogP contribution in [0.2, 0.25) is 0 Å². The molecule has 2 aromatic carbocycles. The number of benzene rings is 2. The van der Waals surface area contributed by atoms with Gasteiger partial charge in [0.25, 0.3) is 16.0 Å². The lowest BCUT2D eigenvalue weighted by Gasteiger charge is -2.17. The van der Waals surface area contributed by atoms with Crippen LogP contribution in [0, 0.1) is 5.92 Å². The molecule has 2 aliphatic heterocycles. The summed E-state index contributed by atoms with van der Waals surface area (Å²) in [5.41, 5.74) is 1.24. The highest BCUT2D eigenvalue weighted by Crippen LogP contribution is 2.26. The van der Waals surface area contributed by atoms with Crippen LogP contribution in [0.15, 0.2) is 58.3 Å². The molecule has 2 atom stereocenters. The van der Waals surface area contributed by atoms with Crippen LogP contribution in [0.5, 0.6) is 0 Å². The molecule has 0 spiro atoms. The quantitative estimate of drug-likeness (QED) is 0.403. The van der Waals surface area contributed by atoms with E-state index >= 15 is 0 Å². The molecular formula is C24H32N4O9S3. The molecule has 0 aromatic heterocycles. The van der Waals surface area contributed by atoms with Crippen molar-refractivity contribution in [2.24, 2.45) is 5.92 Å². The van der Waals surface area contributed by atoms with Crippen molar-refractivity contribution < 1.29 is 39.0 Å². The van der Waals surface area contributed by atoms with Gasteiger partial charge in [0.2, 0.25) is 26.0 Å². The fourth-order valence-corrected chi connectivity index (χ4v) is 6.20. The Balaban J connectivity index is 0.000000225. The molecule has 16 heteroatoms. The van der Waals surface area contributed by atoms with Gasteiger partial charge in [-0.2, -0.15) is 8.42 Å². The number of hydrogen-bond acceptors (Lipinski definition) is 9. The van der Waals surface area contributed by atoms with Gasteiger partial charge in [-0.05, 0) is 69.0 Å². The molecule has 2 aliphatic rings. The second-order valence-corrected chi connectivity index (χ2v) is 14.5. The molecule has 220 valence electrons. The number of rotatable bonds is 8. The molecule has 2 heterocycles. The summed E-state index contributed by atoms with van der Waals surface area (Å²) in [6.07, 6.45) is 0.953. The van der Waals surface area contributed by atoms with Crippen molar-refractivity contribution in [1.82, 2.24) is 9.44 Å². The number of carbonyl (C=O) groups excluding carboxylic acids is 2. The summed E-state index contributed by atoms with van der Waals surface area (Å²) in [6, 6.07) is 12.1. The van der Waals surface area contributed by atoms with Gasteiger partial charge in [0.1, 0.15) is 0 Å². The highest BCUT2D eigenvalue weighted by Gasteiger charge is 2.36. The molecule has 40 heavy (non-hydrogen) atoms. The second-order valence-electron chi connectivity index (χ2n) is 9.15. The zero-order valence-electron chi connectivity index (χ0n) is 22.4. The van der Waals surface area contributed by atoms with E-state index in [0.717, 1.165) is 18.4 Å². The van der Waals surface area contributed by atoms with E-state index < -0.39 is 42.2 Å². The van der Waals surface area contributed by atoms with Crippen LogP contribution in [-0.2, 0) is 43.9 Å². The first-order valence-corrected chi connectivity index (χ1v) is 17.0. The van der Waals surface area contributed by atoms with Gasteiger partial charge in [-0.25, -0.2) is 26.3 Å². The molecular weight excluding hydrogens is 584 g/mol. The third-order valence-electron chi connectivity index (χ3n) is 6.38. The lowest BCUT2D eigenvalue weighted by Crippen LogP contribution is -2.31. The molecule has 0 aliphatic carbocycles. The molecule has 2 amide bonds. The smallest absolute Gasteiger partial charge is 0.265 e. The van der Waals surface area contributed by atoms with E-state index in [0.29, 0.717) is 18.8 Å². The first-order valence-electron chi connectivity index (χ1n) is 12.2. The van der Waals surface area contributed by atoms with E-state index in [2.05, 4.69) is 9.44 Å². The van der Waals surface area contributed by atoms with Crippen LogP contribution < -0.4 is 19.2 Å². The predicted octanol–water partition coefficient (Wildman–Crippen LogP) is 0.644. The van der Waals surface area contributed by atoms with Crippen LogP contribution in [0.4, 0.5) is 11.4 Å². The molecule has 2 fully saturated rings. The lowest BCUT2D eigenvalue weighted by molar-refractivity contribution is -0.122. The van der Waals surface area contributed by atoms with E-state index in [1.807, 2.05) is 6.92 Å². The molecule has 2 saturated heterocycles. The van der Waals surface area contributed by atoms with Crippen LogP contribution in [0.3, 0.4) is 0 Å². The maximum atomic E-state index is 12.1. The van der Waals surface area contributed by atoms with Gasteiger partial charge >= 0.3 is 0 Å². The summed E-state index contributed by atoms with van der Waals surface area (Å²) < 4.78 is 77.7. The Labute approximate surface area is 234 Å². The van der Waals surface area contributed by atoms with E-state index in [9.17, 15) is 34.8 Å². The minimum Gasteiger partial charge on any atom is -0.312 e. The number of amides is 2. The molecule has 0 saturated carbocycles. The fraction of sp³-hybridized carbons (Fsp3) is 0.417. The van der Waals surface area contributed by atoms with Crippen LogP contribution in [-0.4, -0.2) is 76.6 Å². The normalized spacial score (nSPS) is 20.0. The number of nitrogens with one attached hydrogen (secondary N) is 2. The molecule has 0 radical (unpaired) electrons. The van der Waals surface area contributed by atoms with Crippen molar-refractivity contribution in [2.45, 2.75) is 35.7 Å². The lowest BCUT2D eigenvalue weighted by atomic mass is 10.1. The first-order chi connectivity index (χ1) is 18.6. The van der Waals surface area contributed by atoms with Crippen molar-refractivity contribution in [3.8, 4) is 0 Å². The molecule has 2 aromatic rings. The number of sulfonamides is 2. The third kappa shape index (κ3) is 7.44. The van der Waals surface area contributed by atoms with Gasteiger partial charge < -0.3 is 9.80 Å². The average molecular weight is 617 g/mol. The highest BCUT2D eigenvalue weighted by molar-refractivity contribution is 7.89. The number of nitrogens with zero attached hydrogens (tertiary/aromatic N) is 2. The van der Waals surface area contributed by atoms with E-state index in [4.69, 9.17) is 4.18 Å². The molecule has 0 bridgehead atoms. The van der Waals surface area contributed by atoms with E-state index in [1.54, 1.807) is 17.0 Å². The summed E-state index contributed by atoms with van der Waals surface area (Å²) >= 11 is 0. The summed E-state index contributed by atoms with van der Waals surface area (Å²) in [6.45, 7) is 2.90. The first kappa shape index (κ1) is 31.6. The van der Waals surface area contributed by atoms with Crippen molar-refractivity contribution in [3.63, 3.8) is 0 Å². The zero-order chi connectivity index (χ0) is 29.9. The monoisotopic (exact) mass is 616 g/mol. The zero-order valence-corrected chi connectivity index (χ0v) is 24.8. The van der Waals surface area contributed by atoms with Crippen LogP contribution >= 0.6 is 0 Å². The topological polar surface area (TPSA) is 176 Å². The maximum absolute atomic E-state index is 12.1. The standard InChI is InChI=1S/C12H16N2O6S2.C12H16N2O3S/c1-13-22(18,19)10-5-3-9(4-6-10)14-8-7-11(12(14)15)20-21(2,16)17;1-9-7-8-14(12(9)15)10-3-5-11(6-4-10)18(16,17)13-2/h3-6,11,13H,7-8H2,1-2H3;3-6,9,13H,7-8H2,1-2H3. The van der Waals surface area contributed by atoms with Crippen LogP contribution in [0.25, 0.3) is 0 Å². The fourth-order valence-electron chi connectivity index (χ4n) is 4.14. The molecule has 2 N–H and O–H groups in total. The molecule has 13 nitrogen and oxygen atoms in total. The summed E-state index contributed by atoms with van der Waals surface area (Å²) in [5.74, 6) is -0.320. The van der Waals surface area contributed by atoms with Gasteiger partial charge in [0.15, 0.2) is 6.10 Å². The van der Waals surface area contributed by atoms with Crippen LogP contribution in [0.1, 0.15) is 19.8 Å². The minimum atomic E-state index is -3.71. The largest absolute Gasteiger partial charge is 0.312 e. The Morgan fingerprint density at radius 3 is 1.45 bits per heavy atom. The number of anilines is 2. The van der Waals surface area contributed by atoms with Gasteiger partial charge in [0, 0.05) is 36.8 Å².